The van der Waals surface area contributed by atoms with Crippen LogP contribution in [-0.4, -0.2) is 35.9 Å². The van der Waals surface area contributed by atoms with E-state index >= 15 is 0 Å². The highest BCUT2D eigenvalue weighted by molar-refractivity contribution is 7.99. The summed E-state index contributed by atoms with van der Waals surface area (Å²) >= 11 is 1.40. The molecular weight excluding hydrogens is 380 g/mol. The Morgan fingerprint density at radius 2 is 1.74 bits per heavy atom. The minimum Gasteiger partial charge on any atom is -0.258 e. The highest BCUT2D eigenvalue weighted by atomic mass is 32.2. The summed E-state index contributed by atoms with van der Waals surface area (Å²) in [4.78, 5) is 4.79. The Morgan fingerprint density at radius 1 is 1.07 bits per heavy atom. The van der Waals surface area contributed by atoms with E-state index in [4.69, 9.17) is 0 Å². The van der Waals surface area contributed by atoms with Crippen LogP contribution in [-0.2, 0) is 10.0 Å². The maximum absolute atomic E-state index is 12.6. The number of hydrogen-bond donors (Lipinski definition) is 2. The van der Waals surface area contributed by atoms with Crippen LogP contribution in [0.5, 0.6) is 0 Å². The molecule has 27 heavy (non-hydrogen) atoms. The summed E-state index contributed by atoms with van der Waals surface area (Å²) in [5.74, 6) is 1.24. The second kappa shape index (κ2) is 8.24. The molecule has 142 valence electrons. The summed E-state index contributed by atoms with van der Waals surface area (Å²) < 4.78 is 27.9. The van der Waals surface area contributed by atoms with Crippen LogP contribution in [0, 0.1) is 20.8 Å². The van der Waals surface area contributed by atoms with E-state index in [-0.39, 0.29) is 0 Å². The van der Waals surface area contributed by atoms with E-state index in [1.807, 2.05) is 63.2 Å². The lowest BCUT2D eigenvalue weighted by Gasteiger charge is -2.12. The van der Waals surface area contributed by atoms with Crippen molar-refractivity contribution in [2.24, 2.45) is 0 Å². The van der Waals surface area contributed by atoms with Crippen LogP contribution in [0.25, 0.3) is 11.4 Å². The molecule has 0 spiro atoms. The van der Waals surface area contributed by atoms with Crippen LogP contribution in [0.15, 0.2) is 52.5 Å². The van der Waals surface area contributed by atoms with E-state index < -0.39 is 10.0 Å². The van der Waals surface area contributed by atoms with Crippen molar-refractivity contribution in [3.63, 3.8) is 0 Å². The standard InChI is InChI=1S/C19H22N4O2S2/c1-13-11-14(2)17(15(3)12-13)27(24,25)20-9-10-26-19-21-18(22-23-19)16-7-5-4-6-8-16/h4-8,11-12,20H,9-10H2,1-3H3,(H,21,22,23). The van der Waals surface area contributed by atoms with E-state index in [0.717, 1.165) is 22.3 Å². The third-order valence-corrected chi connectivity index (χ3v) is 6.63. The average molecular weight is 403 g/mol. The third kappa shape index (κ3) is 4.77. The molecule has 0 aliphatic heterocycles. The monoisotopic (exact) mass is 402 g/mol. The van der Waals surface area contributed by atoms with Gasteiger partial charge in [-0.25, -0.2) is 18.1 Å². The average Bonchev–Trinajstić information content (AvgIpc) is 3.07. The fraction of sp³-hybridized carbons (Fsp3) is 0.263. The zero-order chi connectivity index (χ0) is 19.4. The quantitative estimate of drug-likeness (QED) is 0.467. The maximum Gasteiger partial charge on any atom is 0.241 e. The van der Waals surface area contributed by atoms with Crippen molar-refractivity contribution >= 4 is 21.8 Å². The largest absolute Gasteiger partial charge is 0.258 e. The smallest absolute Gasteiger partial charge is 0.241 e. The highest BCUT2D eigenvalue weighted by Crippen LogP contribution is 2.22. The third-order valence-electron chi connectivity index (χ3n) is 4.01. The molecule has 2 N–H and O–H groups in total. The lowest BCUT2D eigenvalue weighted by Crippen LogP contribution is -2.27. The molecule has 1 aromatic heterocycles. The van der Waals surface area contributed by atoms with Crippen molar-refractivity contribution in [2.75, 3.05) is 12.3 Å². The first-order valence-corrected chi connectivity index (χ1v) is 11.0. The molecule has 0 saturated heterocycles. The minimum absolute atomic E-state index is 0.301. The predicted molar refractivity (Wildman–Crippen MR) is 108 cm³/mol. The van der Waals surface area contributed by atoms with Gasteiger partial charge in [-0.1, -0.05) is 59.8 Å². The molecule has 0 atom stereocenters. The van der Waals surface area contributed by atoms with Gasteiger partial charge in [0.25, 0.3) is 0 Å². The summed E-state index contributed by atoms with van der Waals surface area (Å²) in [5.41, 5.74) is 3.53. The van der Waals surface area contributed by atoms with Gasteiger partial charge in [0.15, 0.2) is 5.82 Å². The Hall–Kier alpha value is -2.16. The van der Waals surface area contributed by atoms with E-state index in [1.165, 1.54) is 11.8 Å². The Kier molecular flexibility index (Phi) is 5.98. The summed E-state index contributed by atoms with van der Waals surface area (Å²) in [6.07, 6.45) is 0. The summed E-state index contributed by atoms with van der Waals surface area (Å²) in [6.45, 7) is 5.90. The van der Waals surface area contributed by atoms with E-state index in [2.05, 4.69) is 19.9 Å². The van der Waals surface area contributed by atoms with Gasteiger partial charge in [0, 0.05) is 17.9 Å². The Balaban J connectivity index is 1.58. The number of aromatic amines is 1. The van der Waals surface area contributed by atoms with Crippen LogP contribution >= 0.6 is 11.8 Å². The number of sulfonamides is 1. The van der Waals surface area contributed by atoms with Gasteiger partial charge >= 0.3 is 0 Å². The Bertz CT molecular complexity index is 1010. The van der Waals surface area contributed by atoms with Crippen molar-refractivity contribution in [2.45, 2.75) is 30.8 Å². The number of aryl methyl sites for hydroxylation is 3. The topological polar surface area (TPSA) is 87.7 Å². The van der Waals surface area contributed by atoms with Crippen molar-refractivity contribution in [3.8, 4) is 11.4 Å². The van der Waals surface area contributed by atoms with Gasteiger partial charge < -0.3 is 0 Å². The predicted octanol–water partition coefficient (Wildman–Crippen LogP) is 3.47. The number of thioether (sulfide) groups is 1. The number of hydrogen-bond acceptors (Lipinski definition) is 5. The lowest BCUT2D eigenvalue weighted by molar-refractivity contribution is 0.583. The first-order chi connectivity index (χ1) is 12.9. The van der Waals surface area contributed by atoms with Crippen molar-refractivity contribution in [1.29, 1.82) is 0 Å². The van der Waals surface area contributed by atoms with Gasteiger partial charge in [-0.2, -0.15) is 0 Å². The van der Waals surface area contributed by atoms with Crippen LogP contribution in [0.1, 0.15) is 16.7 Å². The van der Waals surface area contributed by atoms with E-state index in [1.54, 1.807) is 0 Å². The maximum atomic E-state index is 12.6. The summed E-state index contributed by atoms with van der Waals surface area (Å²) in [7, 11) is -3.54. The summed E-state index contributed by atoms with van der Waals surface area (Å²) in [5, 5.41) is 7.67. The van der Waals surface area contributed by atoms with Crippen LogP contribution < -0.4 is 4.72 Å². The minimum atomic E-state index is -3.54. The van der Waals surface area contributed by atoms with Crippen LogP contribution in [0.3, 0.4) is 0 Å². The molecule has 3 rings (SSSR count). The van der Waals surface area contributed by atoms with Gasteiger partial charge in [0.05, 0.1) is 4.90 Å². The number of nitrogens with zero attached hydrogens (tertiary/aromatic N) is 2. The molecule has 1 heterocycles. The molecule has 0 fully saturated rings. The Labute approximate surface area is 163 Å². The molecule has 2 aromatic carbocycles. The van der Waals surface area contributed by atoms with Gasteiger partial charge in [0.2, 0.25) is 15.2 Å². The van der Waals surface area contributed by atoms with Gasteiger partial charge in [-0.05, 0) is 31.9 Å². The lowest BCUT2D eigenvalue weighted by atomic mass is 10.1. The molecule has 0 unspecified atom stereocenters. The highest BCUT2D eigenvalue weighted by Gasteiger charge is 2.19. The van der Waals surface area contributed by atoms with E-state index in [0.29, 0.717) is 28.2 Å². The normalized spacial score (nSPS) is 11.7. The van der Waals surface area contributed by atoms with Gasteiger partial charge in [-0.3, -0.25) is 5.10 Å². The molecule has 0 amide bonds. The first kappa shape index (κ1) is 19.6. The first-order valence-electron chi connectivity index (χ1n) is 8.55. The number of nitrogens with one attached hydrogen (secondary N) is 2. The SMILES string of the molecule is Cc1cc(C)c(S(=O)(=O)NCCSc2n[nH]c(-c3ccccc3)n2)c(C)c1. The number of benzene rings is 2. The fourth-order valence-corrected chi connectivity index (χ4v) is 5.28. The molecule has 0 aliphatic rings. The van der Waals surface area contributed by atoms with Crippen LogP contribution in [0.2, 0.25) is 0 Å². The van der Waals surface area contributed by atoms with Gasteiger partial charge in [-0.15, -0.1) is 5.10 Å². The molecule has 6 nitrogen and oxygen atoms in total. The number of aromatic nitrogens is 3. The molecule has 0 radical (unpaired) electrons. The zero-order valence-electron chi connectivity index (χ0n) is 15.5. The molecule has 0 bridgehead atoms. The number of H-pyrrole nitrogens is 1. The van der Waals surface area contributed by atoms with Crippen molar-refractivity contribution in [1.82, 2.24) is 19.9 Å². The molecular formula is C19H22N4O2S2. The fourth-order valence-electron chi connectivity index (χ4n) is 3.02. The molecule has 0 saturated carbocycles. The second-order valence-corrected chi connectivity index (χ2v) is 9.07. The summed E-state index contributed by atoms with van der Waals surface area (Å²) in [6, 6.07) is 13.5. The van der Waals surface area contributed by atoms with E-state index in [9.17, 15) is 8.42 Å². The zero-order valence-corrected chi connectivity index (χ0v) is 17.1. The Morgan fingerprint density at radius 3 is 2.41 bits per heavy atom. The van der Waals surface area contributed by atoms with Gasteiger partial charge in [0.1, 0.15) is 0 Å². The molecule has 0 aliphatic carbocycles. The second-order valence-electron chi connectivity index (χ2n) is 6.31. The molecule has 8 heteroatoms. The van der Waals surface area contributed by atoms with Crippen molar-refractivity contribution in [3.05, 3.63) is 59.2 Å². The van der Waals surface area contributed by atoms with Crippen molar-refractivity contribution < 1.29 is 8.42 Å². The number of rotatable bonds is 7. The van der Waals surface area contributed by atoms with Crippen LogP contribution in [0.4, 0.5) is 0 Å². The molecule has 3 aromatic rings.